The third kappa shape index (κ3) is 3.46. The van der Waals surface area contributed by atoms with Crippen molar-refractivity contribution in [3.8, 4) is 5.75 Å². The summed E-state index contributed by atoms with van der Waals surface area (Å²) in [5.74, 6) is -6.03. The van der Waals surface area contributed by atoms with Gasteiger partial charge < -0.3 is 9.84 Å². The number of ether oxygens (including phenoxy) is 1. The van der Waals surface area contributed by atoms with Gasteiger partial charge in [-0.15, -0.1) is 0 Å². The van der Waals surface area contributed by atoms with Gasteiger partial charge in [-0.25, -0.2) is 13.2 Å². The molecule has 0 saturated carbocycles. The number of carbonyl (C=O) groups excluding carboxylic acids is 2. The Hall–Kier alpha value is -3.29. The lowest BCUT2D eigenvalue weighted by molar-refractivity contribution is -0.144. The van der Waals surface area contributed by atoms with Gasteiger partial charge in [0.05, 0.1) is 18.0 Å². The molecule has 29 heavy (non-hydrogen) atoms. The number of nitrogens with zero attached hydrogens (tertiary/aromatic N) is 1. The summed E-state index contributed by atoms with van der Waals surface area (Å²) >= 11 is 0. The first kappa shape index (κ1) is 20.4. The van der Waals surface area contributed by atoms with Gasteiger partial charge in [0.25, 0.3) is 5.91 Å². The number of carbonyl (C=O) groups is 2. The predicted octanol–water partition coefficient (Wildman–Crippen LogP) is 4.43. The lowest BCUT2D eigenvalue weighted by Crippen LogP contribution is -2.17. The number of phenolic OH excluding ortho intramolecular Hbond substituents is 1. The van der Waals surface area contributed by atoms with E-state index in [1.54, 1.807) is 13.8 Å². The molecule has 0 aliphatic rings. The number of hydrogen-bond acceptors (Lipinski definition) is 4. The molecule has 0 aliphatic carbocycles. The van der Waals surface area contributed by atoms with E-state index in [-0.39, 0.29) is 23.1 Å². The van der Waals surface area contributed by atoms with Crippen LogP contribution in [0.5, 0.6) is 5.75 Å². The molecule has 0 bridgehead atoms. The average molecular weight is 405 g/mol. The van der Waals surface area contributed by atoms with Crippen molar-refractivity contribution in [1.82, 2.24) is 4.57 Å². The molecule has 0 saturated heterocycles. The van der Waals surface area contributed by atoms with E-state index in [9.17, 15) is 27.9 Å². The third-order valence-electron chi connectivity index (χ3n) is 4.76. The number of aromatic nitrogens is 1. The van der Waals surface area contributed by atoms with E-state index >= 15 is 0 Å². The second-order valence-electron chi connectivity index (χ2n) is 6.56. The van der Waals surface area contributed by atoms with E-state index in [2.05, 4.69) is 0 Å². The van der Waals surface area contributed by atoms with Gasteiger partial charge in [0.2, 0.25) is 0 Å². The summed E-state index contributed by atoms with van der Waals surface area (Å²) in [5.41, 5.74) is 0.580. The van der Waals surface area contributed by atoms with Crippen LogP contribution in [0.25, 0.3) is 10.9 Å². The van der Waals surface area contributed by atoms with Crippen LogP contribution in [0.3, 0.4) is 0 Å². The van der Waals surface area contributed by atoms with E-state index < -0.39 is 41.0 Å². The molecule has 1 N–H and O–H groups in total. The van der Waals surface area contributed by atoms with Crippen LogP contribution in [0.2, 0.25) is 0 Å². The van der Waals surface area contributed by atoms with Gasteiger partial charge in [-0.05, 0) is 50.6 Å². The number of halogens is 3. The average Bonchev–Trinajstić information content (AvgIpc) is 2.94. The molecule has 2 aromatic carbocycles. The highest BCUT2D eigenvalue weighted by molar-refractivity contribution is 6.05. The molecule has 0 amide bonds. The Morgan fingerprint density at radius 3 is 2.41 bits per heavy atom. The standard InChI is InChI=1S/C21H18F3NO4/c1-4-29-21(28)10(2)19-11(3)25(17-9-16(24)18(26)8-13(17)19)20(27)12-5-6-14(22)15(23)7-12/h5-10,26H,4H2,1-3H3/t10-/m1/s1. The summed E-state index contributed by atoms with van der Waals surface area (Å²) in [6.07, 6.45) is 0. The Balaban J connectivity index is 2.28. The van der Waals surface area contributed by atoms with E-state index in [1.165, 1.54) is 6.92 Å². The van der Waals surface area contributed by atoms with E-state index in [1.807, 2.05) is 0 Å². The SMILES string of the molecule is CCOC(=O)[C@H](C)c1c(C)n(C(=O)c2ccc(F)c(F)c2)c2cc(F)c(O)cc12. The minimum Gasteiger partial charge on any atom is -0.505 e. The van der Waals surface area contributed by atoms with Crippen molar-refractivity contribution in [1.29, 1.82) is 0 Å². The second-order valence-corrected chi connectivity index (χ2v) is 6.56. The number of aromatic hydroxyl groups is 1. The summed E-state index contributed by atoms with van der Waals surface area (Å²) in [5, 5.41) is 10.1. The maximum absolute atomic E-state index is 14.1. The minimum absolute atomic E-state index is 0.0821. The van der Waals surface area contributed by atoms with E-state index in [0.29, 0.717) is 11.3 Å². The molecular formula is C21H18F3NO4. The highest BCUT2D eigenvalue weighted by Gasteiger charge is 2.28. The van der Waals surface area contributed by atoms with Gasteiger partial charge in [-0.3, -0.25) is 14.2 Å². The largest absolute Gasteiger partial charge is 0.505 e. The zero-order valence-electron chi connectivity index (χ0n) is 15.9. The van der Waals surface area contributed by atoms with E-state index in [0.717, 1.165) is 34.9 Å². The maximum Gasteiger partial charge on any atom is 0.313 e. The summed E-state index contributed by atoms with van der Waals surface area (Å²) < 4.78 is 47.1. The number of fused-ring (bicyclic) bond motifs is 1. The zero-order chi connectivity index (χ0) is 21.5. The fraction of sp³-hybridized carbons (Fsp3) is 0.238. The number of esters is 1. The summed E-state index contributed by atoms with van der Waals surface area (Å²) in [7, 11) is 0. The van der Waals surface area contributed by atoms with Crippen molar-refractivity contribution in [3.05, 3.63) is 64.6 Å². The highest BCUT2D eigenvalue weighted by atomic mass is 19.2. The maximum atomic E-state index is 14.1. The Labute approximate surface area is 164 Å². The van der Waals surface area contributed by atoms with Crippen molar-refractivity contribution < 1.29 is 32.6 Å². The first-order valence-electron chi connectivity index (χ1n) is 8.87. The minimum atomic E-state index is -1.20. The molecule has 1 heterocycles. The van der Waals surface area contributed by atoms with Crippen molar-refractivity contribution in [3.63, 3.8) is 0 Å². The van der Waals surface area contributed by atoms with Crippen molar-refractivity contribution >= 4 is 22.8 Å². The Morgan fingerprint density at radius 1 is 1.10 bits per heavy atom. The van der Waals surface area contributed by atoms with Crippen molar-refractivity contribution in [2.24, 2.45) is 0 Å². The molecule has 0 radical (unpaired) electrons. The van der Waals surface area contributed by atoms with Crippen LogP contribution >= 0.6 is 0 Å². The zero-order valence-corrected chi connectivity index (χ0v) is 15.9. The van der Waals surface area contributed by atoms with Gasteiger partial charge in [-0.1, -0.05) is 0 Å². The summed E-state index contributed by atoms with van der Waals surface area (Å²) in [6.45, 7) is 4.90. The van der Waals surface area contributed by atoms with Gasteiger partial charge in [0, 0.05) is 22.7 Å². The Kier molecular flexibility index (Phi) is 5.37. The first-order valence-corrected chi connectivity index (χ1v) is 8.87. The predicted molar refractivity (Wildman–Crippen MR) is 99.4 cm³/mol. The Bertz CT molecular complexity index is 1140. The van der Waals surface area contributed by atoms with Gasteiger partial charge in [-0.2, -0.15) is 0 Å². The molecule has 8 heteroatoms. The van der Waals surface area contributed by atoms with Crippen molar-refractivity contribution in [2.75, 3.05) is 6.61 Å². The topological polar surface area (TPSA) is 68.5 Å². The van der Waals surface area contributed by atoms with Crippen LogP contribution in [0, 0.1) is 24.4 Å². The molecule has 0 fully saturated rings. The molecule has 152 valence electrons. The molecule has 0 unspecified atom stereocenters. The van der Waals surface area contributed by atoms with Gasteiger partial charge in [0.1, 0.15) is 0 Å². The number of hydrogen-bond donors (Lipinski definition) is 1. The molecule has 0 spiro atoms. The lowest BCUT2D eigenvalue weighted by atomic mass is 9.98. The molecule has 3 aromatic rings. The first-order chi connectivity index (χ1) is 13.7. The summed E-state index contributed by atoms with van der Waals surface area (Å²) in [6, 6.07) is 4.75. The third-order valence-corrected chi connectivity index (χ3v) is 4.76. The molecule has 5 nitrogen and oxygen atoms in total. The number of rotatable bonds is 4. The smallest absolute Gasteiger partial charge is 0.313 e. The van der Waals surface area contributed by atoms with Gasteiger partial charge in [0.15, 0.2) is 23.2 Å². The fourth-order valence-electron chi connectivity index (χ4n) is 3.40. The molecule has 1 aromatic heterocycles. The molecular weight excluding hydrogens is 387 g/mol. The lowest BCUT2D eigenvalue weighted by Gasteiger charge is -2.12. The normalized spacial score (nSPS) is 12.2. The number of benzene rings is 2. The van der Waals surface area contributed by atoms with E-state index in [4.69, 9.17) is 4.74 Å². The van der Waals surface area contributed by atoms with Crippen LogP contribution in [-0.2, 0) is 9.53 Å². The second kappa shape index (κ2) is 7.62. The van der Waals surface area contributed by atoms with Crippen LogP contribution < -0.4 is 0 Å². The van der Waals surface area contributed by atoms with Crippen LogP contribution in [0.15, 0.2) is 30.3 Å². The monoisotopic (exact) mass is 405 g/mol. The van der Waals surface area contributed by atoms with Crippen LogP contribution in [0.4, 0.5) is 13.2 Å². The van der Waals surface area contributed by atoms with Gasteiger partial charge >= 0.3 is 5.97 Å². The van der Waals surface area contributed by atoms with Crippen LogP contribution in [0.1, 0.15) is 41.4 Å². The summed E-state index contributed by atoms with van der Waals surface area (Å²) in [4.78, 5) is 25.3. The fourth-order valence-corrected chi connectivity index (χ4v) is 3.40. The highest BCUT2D eigenvalue weighted by Crippen LogP contribution is 2.36. The molecule has 0 aliphatic heterocycles. The molecule has 3 rings (SSSR count). The van der Waals surface area contributed by atoms with Crippen molar-refractivity contribution in [2.45, 2.75) is 26.7 Å². The Morgan fingerprint density at radius 2 is 1.79 bits per heavy atom. The quantitative estimate of drug-likeness (QED) is 0.652. The number of phenols is 1. The molecule has 1 atom stereocenters. The van der Waals surface area contributed by atoms with Crippen LogP contribution in [-0.4, -0.2) is 28.2 Å².